The molecule has 6 heteroatoms. The van der Waals surface area contributed by atoms with Gasteiger partial charge in [0.1, 0.15) is 0 Å². The molecule has 1 rings (SSSR count). The smallest absolute Gasteiger partial charge is 0.338 e. The molecule has 0 heterocycles. The summed E-state index contributed by atoms with van der Waals surface area (Å²) in [7, 11) is 3.14. The van der Waals surface area contributed by atoms with Crippen molar-refractivity contribution in [2.45, 2.75) is 6.42 Å². The van der Waals surface area contributed by atoms with Crippen molar-refractivity contribution >= 4 is 6.03 Å². The van der Waals surface area contributed by atoms with Gasteiger partial charge in [-0.3, -0.25) is 5.21 Å². The fourth-order valence-corrected chi connectivity index (χ4v) is 1.40. The van der Waals surface area contributed by atoms with Gasteiger partial charge in [0.05, 0.1) is 14.2 Å². The summed E-state index contributed by atoms with van der Waals surface area (Å²) >= 11 is 0. The number of ether oxygens (including phenoxy) is 2. The van der Waals surface area contributed by atoms with Crippen LogP contribution in [-0.2, 0) is 6.42 Å². The molecule has 0 atom stereocenters. The number of carbonyl (C=O) groups is 1. The first-order valence-electron chi connectivity index (χ1n) is 5.10. The molecule has 0 aliphatic rings. The van der Waals surface area contributed by atoms with Crippen molar-refractivity contribution in [1.29, 1.82) is 0 Å². The van der Waals surface area contributed by atoms with Gasteiger partial charge in [-0.25, -0.2) is 10.3 Å². The Morgan fingerprint density at radius 2 is 2.00 bits per heavy atom. The number of rotatable bonds is 5. The molecule has 1 aromatic rings. The molecule has 0 radical (unpaired) electrons. The number of urea groups is 1. The lowest BCUT2D eigenvalue weighted by atomic mass is 10.1. The minimum absolute atomic E-state index is 0.419. The van der Waals surface area contributed by atoms with Gasteiger partial charge in [0.25, 0.3) is 0 Å². The molecule has 2 amide bonds. The molecule has 1 aromatic carbocycles. The first kappa shape index (κ1) is 13.1. The molecule has 6 nitrogen and oxygen atoms in total. The van der Waals surface area contributed by atoms with Gasteiger partial charge in [0.2, 0.25) is 0 Å². The van der Waals surface area contributed by atoms with Crippen LogP contribution in [0, 0.1) is 0 Å². The zero-order chi connectivity index (χ0) is 12.7. The van der Waals surface area contributed by atoms with E-state index in [0.717, 1.165) is 5.56 Å². The second kappa shape index (κ2) is 6.59. The van der Waals surface area contributed by atoms with E-state index in [-0.39, 0.29) is 0 Å². The van der Waals surface area contributed by atoms with Crippen molar-refractivity contribution in [3.63, 3.8) is 0 Å². The number of benzene rings is 1. The summed E-state index contributed by atoms with van der Waals surface area (Å²) in [5.41, 5.74) is 2.50. The monoisotopic (exact) mass is 240 g/mol. The highest BCUT2D eigenvalue weighted by Crippen LogP contribution is 2.27. The van der Waals surface area contributed by atoms with Crippen LogP contribution in [0.15, 0.2) is 18.2 Å². The standard InChI is InChI=1S/C11H16N2O4/c1-16-9-4-3-8(7-10(9)17-2)5-6-12-11(14)13-15/h3-4,7,15H,5-6H2,1-2H3,(H2,12,13,14). The number of carbonyl (C=O) groups excluding carboxylic acids is 1. The highest BCUT2D eigenvalue weighted by atomic mass is 16.5. The molecular formula is C11H16N2O4. The van der Waals surface area contributed by atoms with E-state index in [1.165, 1.54) is 5.48 Å². The molecule has 3 N–H and O–H groups in total. The van der Waals surface area contributed by atoms with Crippen molar-refractivity contribution in [3.8, 4) is 11.5 Å². The van der Waals surface area contributed by atoms with Gasteiger partial charge >= 0.3 is 6.03 Å². The summed E-state index contributed by atoms with van der Waals surface area (Å²) in [5.74, 6) is 1.31. The first-order chi connectivity index (χ1) is 8.21. The van der Waals surface area contributed by atoms with Crippen LogP contribution in [0.2, 0.25) is 0 Å². The molecular weight excluding hydrogens is 224 g/mol. The van der Waals surface area contributed by atoms with Gasteiger partial charge in [-0.15, -0.1) is 0 Å². The highest BCUT2D eigenvalue weighted by molar-refractivity contribution is 5.72. The number of nitrogens with one attached hydrogen (secondary N) is 2. The molecule has 0 spiro atoms. The van der Waals surface area contributed by atoms with E-state index in [0.29, 0.717) is 24.5 Å². The van der Waals surface area contributed by atoms with Crippen molar-refractivity contribution in [2.24, 2.45) is 0 Å². The fraction of sp³-hybridized carbons (Fsp3) is 0.364. The first-order valence-corrected chi connectivity index (χ1v) is 5.10. The summed E-state index contributed by atoms with van der Waals surface area (Å²) in [5, 5.41) is 10.8. The molecule has 17 heavy (non-hydrogen) atoms. The maximum Gasteiger partial charge on any atom is 0.338 e. The van der Waals surface area contributed by atoms with Gasteiger partial charge in [0, 0.05) is 6.54 Å². The quantitative estimate of drug-likeness (QED) is 0.528. The van der Waals surface area contributed by atoms with Gasteiger partial charge < -0.3 is 14.8 Å². The molecule has 0 bridgehead atoms. The third-order valence-corrected chi connectivity index (χ3v) is 2.25. The van der Waals surface area contributed by atoms with E-state index in [4.69, 9.17) is 14.7 Å². The Hall–Kier alpha value is -1.95. The normalized spacial score (nSPS) is 9.59. The summed E-state index contributed by atoms with van der Waals surface area (Å²) < 4.78 is 10.3. The molecule has 0 saturated heterocycles. The zero-order valence-electron chi connectivity index (χ0n) is 9.82. The Labute approximate surface area is 99.5 Å². The Morgan fingerprint density at radius 3 is 2.59 bits per heavy atom. The van der Waals surface area contributed by atoms with Gasteiger partial charge in [-0.05, 0) is 24.1 Å². The summed E-state index contributed by atoms with van der Waals surface area (Å²) in [6.07, 6.45) is 0.633. The summed E-state index contributed by atoms with van der Waals surface area (Å²) in [6, 6.07) is 4.92. The van der Waals surface area contributed by atoms with Crippen LogP contribution >= 0.6 is 0 Å². The average Bonchev–Trinajstić information content (AvgIpc) is 2.38. The fourth-order valence-electron chi connectivity index (χ4n) is 1.40. The third kappa shape index (κ3) is 3.84. The van der Waals surface area contributed by atoms with Crippen LogP contribution in [0.4, 0.5) is 4.79 Å². The van der Waals surface area contributed by atoms with Crippen LogP contribution in [0.5, 0.6) is 11.5 Å². The topological polar surface area (TPSA) is 79.8 Å². The molecule has 0 fully saturated rings. The lowest BCUT2D eigenvalue weighted by Gasteiger charge is -2.09. The van der Waals surface area contributed by atoms with E-state index in [1.807, 2.05) is 12.1 Å². The van der Waals surface area contributed by atoms with Crippen LogP contribution in [-0.4, -0.2) is 32.0 Å². The third-order valence-electron chi connectivity index (χ3n) is 2.25. The molecule has 0 aliphatic carbocycles. The van der Waals surface area contributed by atoms with Gasteiger partial charge in [-0.1, -0.05) is 6.07 Å². The van der Waals surface area contributed by atoms with Crippen molar-refractivity contribution in [1.82, 2.24) is 10.8 Å². The summed E-state index contributed by atoms with van der Waals surface area (Å²) in [4.78, 5) is 10.7. The molecule has 0 aromatic heterocycles. The van der Waals surface area contributed by atoms with Crippen LogP contribution < -0.4 is 20.3 Å². The predicted octanol–water partition coefficient (Wildman–Crippen LogP) is 0.935. The number of hydrogen-bond acceptors (Lipinski definition) is 4. The van der Waals surface area contributed by atoms with E-state index < -0.39 is 6.03 Å². The van der Waals surface area contributed by atoms with Crippen molar-refractivity contribution in [2.75, 3.05) is 20.8 Å². The Balaban J connectivity index is 2.57. The minimum Gasteiger partial charge on any atom is -0.493 e. The van der Waals surface area contributed by atoms with E-state index in [9.17, 15) is 4.79 Å². The molecule has 0 saturated carbocycles. The molecule has 94 valence electrons. The number of hydroxylamine groups is 1. The lowest BCUT2D eigenvalue weighted by Crippen LogP contribution is -2.34. The minimum atomic E-state index is -0.620. The Kier molecular flexibility index (Phi) is 5.09. The Bertz CT molecular complexity index is 382. The second-order valence-electron chi connectivity index (χ2n) is 3.31. The maximum atomic E-state index is 10.7. The van der Waals surface area contributed by atoms with Gasteiger partial charge in [-0.2, -0.15) is 0 Å². The van der Waals surface area contributed by atoms with Crippen LogP contribution in [0.3, 0.4) is 0 Å². The average molecular weight is 240 g/mol. The number of amides is 2. The second-order valence-corrected chi connectivity index (χ2v) is 3.31. The number of methoxy groups -OCH3 is 2. The van der Waals surface area contributed by atoms with E-state index in [1.54, 1.807) is 20.3 Å². The van der Waals surface area contributed by atoms with Crippen molar-refractivity contribution in [3.05, 3.63) is 23.8 Å². The Morgan fingerprint density at radius 1 is 1.29 bits per heavy atom. The zero-order valence-corrected chi connectivity index (χ0v) is 9.82. The van der Waals surface area contributed by atoms with Crippen molar-refractivity contribution < 1.29 is 19.5 Å². The highest BCUT2D eigenvalue weighted by Gasteiger charge is 2.04. The maximum absolute atomic E-state index is 10.7. The lowest BCUT2D eigenvalue weighted by molar-refractivity contribution is 0.162. The predicted molar refractivity (Wildman–Crippen MR) is 61.6 cm³/mol. The van der Waals surface area contributed by atoms with Gasteiger partial charge in [0.15, 0.2) is 11.5 Å². The SMILES string of the molecule is COc1ccc(CCNC(=O)NO)cc1OC. The largest absolute Gasteiger partial charge is 0.493 e. The summed E-state index contributed by atoms with van der Waals surface area (Å²) in [6.45, 7) is 0.419. The van der Waals surface area contributed by atoms with Crippen LogP contribution in [0.1, 0.15) is 5.56 Å². The van der Waals surface area contributed by atoms with E-state index in [2.05, 4.69) is 5.32 Å². The van der Waals surface area contributed by atoms with Crippen LogP contribution in [0.25, 0.3) is 0 Å². The number of hydrogen-bond donors (Lipinski definition) is 3. The molecule has 0 aliphatic heterocycles. The van der Waals surface area contributed by atoms with E-state index >= 15 is 0 Å². The molecule has 0 unspecified atom stereocenters.